The Bertz CT molecular complexity index is 513. The fraction of sp³-hybridized carbons (Fsp3) is 0.789. The average Bonchev–Trinajstić information content (AvgIpc) is 3.04. The van der Waals surface area contributed by atoms with Crippen molar-refractivity contribution in [3.8, 4) is 0 Å². The molecule has 1 rings (SSSR count). The predicted molar refractivity (Wildman–Crippen MR) is 101 cm³/mol. The van der Waals surface area contributed by atoms with Crippen molar-refractivity contribution < 1.29 is 19.1 Å². The largest absolute Gasteiger partial charge is 0.444 e. The summed E-state index contributed by atoms with van der Waals surface area (Å²) < 4.78 is 5.29. The van der Waals surface area contributed by atoms with Crippen molar-refractivity contribution in [3.05, 3.63) is 0 Å². The first-order chi connectivity index (χ1) is 12.2. The van der Waals surface area contributed by atoms with Crippen LogP contribution in [0.4, 0.5) is 4.79 Å². The van der Waals surface area contributed by atoms with Crippen LogP contribution in [0.3, 0.4) is 0 Å². The molecule has 1 fully saturated rings. The fourth-order valence-corrected chi connectivity index (χ4v) is 3.08. The second-order valence-electron chi connectivity index (χ2n) is 7.73. The van der Waals surface area contributed by atoms with Crippen LogP contribution in [-0.2, 0) is 14.3 Å². The van der Waals surface area contributed by atoms with Crippen LogP contribution in [0, 0.1) is 0 Å². The van der Waals surface area contributed by atoms with Gasteiger partial charge in [-0.15, -0.1) is 0 Å². The molecule has 1 saturated heterocycles. The van der Waals surface area contributed by atoms with Crippen molar-refractivity contribution in [3.63, 3.8) is 0 Å². The Morgan fingerprint density at radius 2 is 1.96 bits per heavy atom. The van der Waals surface area contributed by atoms with Crippen molar-refractivity contribution in [2.75, 3.05) is 6.54 Å². The number of aliphatic imine (C=N–C) groups is 1. The highest BCUT2D eigenvalue weighted by atomic mass is 16.6. The minimum absolute atomic E-state index is 0.244. The van der Waals surface area contributed by atoms with Gasteiger partial charge in [0.25, 0.3) is 5.91 Å². The van der Waals surface area contributed by atoms with Gasteiger partial charge in [0.1, 0.15) is 17.7 Å². The van der Waals surface area contributed by atoms with Gasteiger partial charge >= 0.3 is 6.09 Å². The lowest BCUT2D eigenvalue weighted by atomic mass is 10.1. The van der Waals surface area contributed by atoms with Crippen LogP contribution < -0.4 is 5.32 Å². The molecule has 1 heterocycles. The van der Waals surface area contributed by atoms with E-state index in [1.54, 1.807) is 20.8 Å². The van der Waals surface area contributed by atoms with Gasteiger partial charge in [0.15, 0.2) is 0 Å². The minimum Gasteiger partial charge on any atom is -0.444 e. The van der Waals surface area contributed by atoms with E-state index in [2.05, 4.69) is 24.0 Å². The number of carbonyl (C=O) groups is 3. The topological polar surface area (TPSA) is 88.1 Å². The lowest BCUT2D eigenvalue weighted by Crippen LogP contribution is -2.52. The van der Waals surface area contributed by atoms with Crippen LogP contribution in [0.2, 0.25) is 0 Å². The summed E-state index contributed by atoms with van der Waals surface area (Å²) >= 11 is 0. The quantitative estimate of drug-likeness (QED) is 0.527. The molecule has 148 valence electrons. The summed E-state index contributed by atoms with van der Waals surface area (Å²) in [4.78, 5) is 42.0. The summed E-state index contributed by atoms with van der Waals surface area (Å²) in [6.07, 6.45) is 5.22. The standard InChI is InChI=1S/C19H33N3O4/c1-6-7-8-9-11-14(21-18(25)26-19(2,3)4)17(24)22-13-10-12-15(22)16(23)20-5/h14-15H,5-13H2,1-4H3,(H,21,25). The second-order valence-corrected chi connectivity index (χ2v) is 7.73. The van der Waals surface area contributed by atoms with Crippen molar-refractivity contribution >= 4 is 24.6 Å². The second kappa shape index (κ2) is 10.3. The lowest BCUT2D eigenvalue weighted by molar-refractivity contribution is -0.139. The zero-order valence-corrected chi connectivity index (χ0v) is 16.5. The first kappa shape index (κ1) is 22.1. The summed E-state index contributed by atoms with van der Waals surface area (Å²) in [6, 6.07) is -1.27. The maximum Gasteiger partial charge on any atom is 0.408 e. The molecule has 0 aromatic heterocycles. The molecule has 1 aliphatic heterocycles. The number of amides is 3. The van der Waals surface area contributed by atoms with E-state index in [0.717, 1.165) is 32.1 Å². The van der Waals surface area contributed by atoms with E-state index < -0.39 is 29.7 Å². The molecule has 7 nitrogen and oxygen atoms in total. The first-order valence-electron chi connectivity index (χ1n) is 9.50. The van der Waals surface area contributed by atoms with Gasteiger partial charge in [-0.2, -0.15) is 0 Å². The molecule has 26 heavy (non-hydrogen) atoms. The number of alkyl carbamates (subject to hydrolysis) is 1. The van der Waals surface area contributed by atoms with E-state index in [-0.39, 0.29) is 5.91 Å². The molecule has 2 atom stereocenters. The molecule has 0 spiro atoms. The van der Waals surface area contributed by atoms with Crippen molar-refractivity contribution in [2.45, 2.75) is 90.3 Å². The summed E-state index contributed by atoms with van der Waals surface area (Å²) in [5.41, 5.74) is -0.640. The summed E-state index contributed by atoms with van der Waals surface area (Å²) in [6.45, 7) is 11.2. The molecule has 0 aromatic rings. The molecule has 0 radical (unpaired) electrons. The van der Waals surface area contributed by atoms with Gasteiger partial charge in [-0.3, -0.25) is 9.59 Å². The van der Waals surface area contributed by atoms with Crippen LogP contribution in [0.15, 0.2) is 4.99 Å². The molecule has 2 unspecified atom stereocenters. The highest BCUT2D eigenvalue weighted by molar-refractivity contribution is 5.93. The molecule has 0 aromatic carbocycles. The Hall–Kier alpha value is -1.92. The van der Waals surface area contributed by atoms with Crippen LogP contribution >= 0.6 is 0 Å². The molecule has 0 aliphatic carbocycles. The van der Waals surface area contributed by atoms with E-state index in [4.69, 9.17) is 4.74 Å². The Balaban J connectivity index is 2.81. The number of carbonyl (C=O) groups excluding carboxylic acids is 3. The SMILES string of the molecule is C=NC(=O)C1CCCN1C(=O)C(CCCCCC)NC(=O)OC(C)(C)C. The van der Waals surface area contributed by atoms with Gasteiger partial charge in [0.2, 0.25) is 5.91 Å². The van der Waals surface area contributed by atoms with Crippen molar-refractivity contribution in [1.82, 2.24) is 10.2 Å². The van der Waals surface area contributed by atoms with E-state index >= 15 is 0 Å². The molecule has 0 saturated carbocycles. The molecule has 0 bridgehead atoms. The first-order valence-corrected chi connectivity index (χ1v) is 9.50. The maximum atomic E-state index is 13.0. The number of nitrogens with zero attached hydrogens (tertiary/aromatic N) is 2. The van der Waals surface area contributed by atoms with Crippen molar-refractivity contribution in [1.29, 1.82) is 0 Å². The average molecular weight is 367 g/mol. The van der Waals surface area contributed by atoms with Gasteiger partial charge in [-0.1, -0.05) is 32.6 Å². The molecular weight excluding hydrogens is 334 g/mol. The Morgan fingerprint density at radius 1 is 1.27 bits per heavy atom. The number of unbranched alkanes of at least 4 members (excludes halogenated alkanes) is 3. The third-order valence-corrected chi connectivity index (χ3v) is 4.31. The van der Waals surface area contributed by atoms with Crippen LogP contribution in [0.5, 0.6) is 0 Å². The maximum absolute atomic E-state index is 13.0. The van der Waals surface area contributed by atoms with Crippen LogP contribution in [0.25, 0.3) is 0 Å². The normalized spacial score (nSPS) is 18.3. The van der Waals surface area contributed by atoms with E-state index in [9.17, 15) is 14.4 Å². The monoisotopic (exact) mass is 367 g/mol. The molecule has 7 heteroatoms. The zero-order chi connectivity index (χ0) is 19.7. The fourth-order valence-electron chi connectivity index (χ4n) is 3.08. The van der Waals surface area contributed by atoms with Gasteiger partial charge in [-0.05, 0) is 46.8 Å². The molecule has 3 amide bonds. The van der Waals surface area contributed by atoms with Gasteiger partial charge in [0, 0.05) is 6.54 Å². The third-order valence-electron chi connectivity index (χ3n) is 4.31. The highest BCUT2D eigenvalue weighted by Crippen LogP contribution is 2.21. The van der Waals surface area contributed by atoms with E-state index in [1.807, 2.05) is 0 Å². The van der Waals surface area contributed by atoms with Gasteiger partial charge in [-0.25, -0.2) is 9.79 Å². The van der Waals surface area contributed by atoms with E-state index in [1.165, 1.54) is 4.90 Å². The summed E-state index contributed by atoms with van der Waals surface area (Å²) in [7, 11) is 0. The third kappa shape index (κ3) is 7.14. The van der Waals surface area contributed by atoms with Crippen LogP contribution in [0.1, 0.15) is 72.6 Å². The Kier molecular flexibility index (Phi) is 8.75. The number of likely N-dealkylation sites (tertiary alicyclic amines) is 1. The molecular formula is C19H33N3O4. The lowest BCUT2D eigenvalue weighted by Gasteiger charge is -2.28. The number of nitrogens with one attached hydrogen (secondary N) is 1. The molecule has 1 aliphatic rings. The van der Waals surface area contributed by atoms with Crippen molar-refractivity contribution in [2.24, 2.45) is 4.99 Å². The summed E-state index contributed by atoms with van der Waals surface area (Å²) in [5.74, 6) is -0.635. The highest BCUT2D eigenvalue weighted by Gasteiger charge is 2.37. The van der Waals surface area contributed by atoms with Gasteiger partial charge in [0.05, 0.1) is 0 Å². The number of hydrogen-bond donors (Lipinski definition) is 1. The number of hydrogen-bond acceptors (Lipinski definition) is 4. The smallest absolute Gasteiger partial charge is 0.408 e. The molecule has 1 N–H and O–H groups in total. The minimum atomic E-state index is -0.695. The van der Waals surface area contributed by atoms with Gasteiger partial charge < -0.3 is 15.0 Å². The summed E-state index contributed by atoms with van der Waals surface area (Å²) in [5, 5.41) is 2.69. The Morgan fingerprint density at radius 3 is 2.54 bits per heavy atom. The van der Waals surface area contributed by atoms with Crippen LogP contribution in [-0.4, -0.2) is 53.8 Å². The van der Waals surface area contributed by atoms with E-state index in [0.29, 0.717) is 19.4 Å². The number of ether oxygens (including phenoxy) is 1. The predicted octanol–water partition coefficient (Wildman–Crippen LogP) is 3.07. The Labute approximate surface area is 156 Å². The number of rotatable bonds is 8. The zero-order valence-electron chi connectivity index (χ0n) is 16.5.